The van der Waals surface area contributed by atoms with Gasteiger partial charge in [0.05, 0.1) is 12.2 Å². The third-order valence-electron chi connectivity index (χ3n) is 12.9. The van der Waals surface area contributed by atoms with E-state index >= 15 is 0 Å². The SMILES string of the molecule is C.CC(C)CC1NC(=O)C(Cc2ccccc2)NC(=O)C(CCN)NC(=O)C(NC(=O)C(CN)NC(=O)C(NC(=O)CC(CN)c2cccc(Cl)c2)C(C)O)CCNC(=O)C(C(C)O)NC(=O)C(CCN)NC(=O)C(CCN)NC1=O. The molecule has 28 heteroatoms. The van der Waals surface area contributed by atoms with E-state index in [0.717, 1.165) is 0 Å². The van der Waals surface area contributed by atoms with Gasteiger partial charge in [0.1, 0.15) is 54.4 Å². The summed E-state index contributed by atoms with van der Waals surface area (Å²) in [5, 5.41) is 47.1. The molecule has 0 aromatic heterocycles. The van der Waals surface area contributed by atoms with Crippen molar-refractivity contribution in [2.24, 2.45) is 34.6 Å². The van der Waals surface area contributed by atoms with Crippen molar-refractivity contribution in [2.75, 3.05) is 39.3 Å². The van der Waals surface area contributed by atoms with Crippen molar-refractivity contribution in [3.8, 4) is 0 Å². The van der Waals surface area contributed by atoms with E-state index in [0.29, 0.717) is 16.1 Å². The smallest absolute Gasteiger partial charge is 0.245 e. The van der Waals surface area contributed by atoms with Crippen LogP contribution in [0.2, 0.25) is 5.02 Å². The number of carbonyl (C=O) groups is 10. The van der Waals surface area contributed by atoms with E-state index < -0.39 is 151 Å². The molecule has 0 radical (unpaired) electrons. The van der Waals surface area contributed by atoms with E-state index in [2.05, 4.69) is 53.2 Å². The number of aliphatic hydroxyl groups excluding tert-OH is 2. The molecule has 1 saturated heterocycles. The second-order valence-corrected chi connectivity index (χ2v) is 20.4. The molecule has 0 saturated carbocycles. The van der Waals surface area contributed by atoms with E-state index in [9.17, 15) is 58.2 Å². The van der Waals surface area contributed by atoms with Crippen LogP contribution >= 0.6 is 11.6 Å². The lowest BCUT2D eigenvalue weighted by Crippen LogP contribution is -2.62. The first-order valence-electron chi connectivity index (χ1n) is 26.6. The minimum Gasteiger partial charge on any atom is -0.391 e. The molecule has 2 aromatic rings. The Balaban J connectivity index is 0.0000224. The van der Waals surface area contributed by atoms with Crippen LogP contribution in [0.5, 0.6) is 0 Å². The van der Waals surface area contributed by atoms with Crippen LogP contribution in [0.3, 0.4) is 0 Å². The zero-order chi connectivity index (χ0) is 59.6. The van der Waals surface area contributed by atoms with Gasteiger partial charge in [-0.3, -0.25) is 47.9 Å². The van der Waals surface area contributed by atoms with Crippen LogP contribution in [0.15, 0.2) is 54.6 Å². The van der Waals surface area contributed by atoms with Gasteiger partial charge in [0.25, 0.3) is 0 Å². The van der Waals surface area contributed by atoms with Crippen LogP contribution in [0.4, 0.5) is 0 Å². The highest BCUT2D eigenvalue weighted by molar-refractivity contribution is 6.30. The molecule has 22 N–H and O–H groups in total. The largest absolute Gasteiger partial charge is 0.391 e. The second-order valence-electron chi connectivity index (χ2n) is 20.0. The van der Waals surface area contributed by atoms with Crippen molar-refractivity contribution in [1.29, 1.82) is 0 Å². The van der Waals surface area contributed by atoms with Crippen LogP contribution < -0.4 is 81.8 Å². The molecule has 10 amide bonds. The predicted molar refractivity (Wildman–Crippen MR) is 303 cm³/mol. The molecule has 1 aliphatic rings. The standard InChI is InChI=1S/C52H82ClN15O12.CH4/c1-27(2)21-38-48(76)62-34(13-17-54)44(72)61-36(15-19-56)47(75)68-42(28(3)69)51(79)59-20-16-37(46(74)60-35(14-18-55)45(73)65-39(49(77)64-38)22-30-9-6-5-7-10-30)63-50(78)40(26-58)66-52(80)43(29(4)70)67-41(71)24-32(25-57)31-11-8-12-33(53)23-31;/h5-12,23,27-29,32,34-40,42-43,69-70H,13-22,24-26,54-58H2,1-4H3,(H,59,79)(H,60,74)(H,61,72)(H,62,76)(H,63,78)(H,64,77)(H,65,73)(H,66,80)(H,67,71)(H,68,75);1H4. The van der Waals surface area contributed by atoms with Crippen molar-refractivity contribution >= 4 is 70.7 Å². The molecule has 81 heavy (non-hydrogen) atoms. The minimum atomic E-state index is -1.68. The Morgan fingerprint density at radius 2 is 1.15 bits per heavy atom. The number of aliphatic hydroxyl groups is 2. The van der Waals surface area contributed by atoms with Gasteiger partial charge in [-0.15, -0.1) is 0 Å². The van der Waals surface area contributed by atoms with E-state index in [4.69, 9.17) is 40.3 Å². The average Bonchev–Trinajstić information content (AvgIpc) is 3.40. The molecule has 2 aromatic carbocycles. The average molecular weight is 1160 g/mol. The van der Waals surface area contributed by atoms with Crippen molar-refractivity contribution in [3.05, 3.63) is 70.7 Å². The summed E-state index contributed by atoms with van der Waals surface area (Å²) < 4.78 is 0. The molecular formula is C53H86ClN15O12. The zero-order valence-electron chi connectivity index (χ0n) is 45.6. The van der Waals surface area contributed by atoms with Crippen LogP contribution in [-0.4, -0.2) is 175 Å². The van der Waals surface area contributed by atoms with E-state index in [1.54, 1.807) is 68.4 Å². The first-order valence-corrected chi connectivity index (χ1v) is 27.0. The molecule has 0 spiro atoms. The molecule has 1 fully saturated rings. The molecule has 3 rings (SSSR count). The molecule has 1 heterocycles. The van der Waals surface area contributed by atoms with Crippen molar-refractivity contribution in [3.63, 3.8) is 0 Å². The summed E-state index contributed by atoms with van der Waals surface area (Å²) >= 11 is 6.14. The third kappa shape index (κ3) is 23.3. The maximum atomic E-state index is 14.4. The van der Waals surface area contributed by atoms with Crippen LogP contribution in [0.1, 0.15) is 90.7 Å². The molecule has 1 aliphatic heterocycles. The number of carbonyl (C=O) groups excluding carboxylic acids is 10. The minimum absolute atomic E-state index is 0. The van der Waals surface area contributed by atoms with Gasteiger partial charge < -0.3 is 92.0 Å². The fourth-order valence-corrected chi connectivity index (χ4v) is 8.73. The molecule has 0 aliphatic carbocycles. The number of hydrogen-bond donors (Lipinski definition) is 17. The lowest BCUT2D eigenvalue weighted by Gasteiger charge is -2.28. The fraction of sp³-hybridized carbons (Fsp3) is 0.585. The van der Waals surface area contributed by atoms with Gasteiger partial charge in [-0.05, 0) is 101 Å². The normalized spacial score (nSPS) is 22.9. The quantitative estimate of drug-likeness (QED) is 0.0527. The van der Waals surface area contributed by atoms with E-state index in [1.165, 1.54) is 13.8 Å². The van der Waals surface area contributed by atoms with Crippen molar-refractivity contribution < 1.29 is 58.2 Å². The number of benzene rings is 2. The number of halogens is 1. The number of nitrogens with one attached hydrogen (secondary N) is 10. The lowest BCUT2D eigenvalue weighted by molar-refractivity contribution is -0.136. The molecule has 27 nitrogen and oxygen atoms in total. The predicted octanol–water partition coefficient (Wildman–Crippen LogP) is -4.65. The van der Waals surface area contributed by atoms with Gasteiger partial charge in [0, 0.05) is 36.9 Å². The number of nitrogens with two attached hydrogens (primary N) is 5. The Morgan fingerprint density at radius 3 is 1.65 bits per heavy atom. The third-order valence-corrected chi connectivity index (χ3v) is 13.2. The Hall–Kier alpha value is -6.85. The van der Waals surface area contributed by atoms with Gasteiger partial charge in [-0.2, -0.15) is 0 Å². The van der Waals surface area contributed by atoms with Gasteiger partial charge >= 0.3 is 0 Å². The van der Waals surface area contributed by atoms with Gasteiger partial charge in [0.2, 0.25) is 59.1 Å². The molecule has 452 valence electrons. The summed E-state index contributed by atoms with van der Waals surface area (Å²) in [5.74, 6) is -9.88. The molecular weight excluding hydrogens is 1070 g/mol. The van der Waals surface area contributed by atoms with Gasteiger partial charge in [-0.25, -0.2) is 0 Å². The highest BCUT2D eigenvalue weighted by Gasteiger charge is 2.37. The summed E-state index contributed by atoms with van der Waals surface area (Å²) in [6.45, 7) is 4.54. The van der Waals surface area contributed by atoms with Gasteiger partial charge in [-0.1, -0.05) is 75.3 Å². The Kier molecular flexibility index (Phi) is 31.0. The Morgan fingerprint density at radius 1 is 0.630 bits per heavy atom. The van der Waals surface area contributed by atoms with E-state index in [-0.39, 0.29) is 78.0 Å². The monoisotopic (exact) mass is 1160 g/mol. The van der Waals surface area contributed by atoms with Crippen LogP contribution in [0.25, 0.3) is 0 Å². The lowest BCUT2D eigenvalue weighted by atomic mass is 9.95. The Labute approximate surface area is 477 Å². The summed E-state index contributed by atoms with van der Waals surface area (Å²) in [6, 6.07) is 1.70. The van der Waals surface area contributed by atoms with Crippen LogP contribution in [0, 0.1) is 5.92 Å². The maximum Gasteiger partial charge on any atom is 0.245 e. The summed E-state index contributed by atoms with van der Waals surface area (Å²) in [4.78, 5) is 140. The summed E-state index contributed by atoms with van der Waals surface area (Å²) in [6.07, 6.45) is -4.32. The second kappa shape index (κ2) is 35.8. The van der Waals surface area contributed by atoms with Gasteiger partial charge in [0.15, 0.2) is 0 Å². The number of amides is 10. The van der Waals surface area contributed by atoms with E-state index in [1.807, 2.05) is 0 Å². The fourth-order valence-electron chi connectivity index (χ4n) is 8.53. The summed E-state index contributed by atoms with van der Waals surface area (Å²) in [5.41, 5.74) is 30.8. The molecule has 12 unspecified atom stereocenters. The highest BCUT2D eigenvalue weighted by Crippen LogP contribution is 2.22. The topological polar surface area (TPSA) is 462 Å². The molecule has 0 bridgehead atoms. The number of hydrogen-bond acceptors (Lipinski definition) is 17. The first kappa shape index (κ1) is 70.3. The first-order chi connectivity index (χ1) is 38.0. The number of rotatable bonds is 22. The highest BCUT2D eigenvalue weighted by atomic mass is 35.5. The van der Waals surface area contributed by atoms with Crippen LogP contribution in [-0.2, 0) is 54.4 Å². The van der Waals surface area contributed by atoms with Crippen molar-refractivity contribution in [2.45, 2.75) is 153 Å². The Bertz CT molecular complexity index is 2400. The van der Waals surface area contributed by atoms with Crippen molar-refractivity contribution in [1.82, 2.24) is 53.2 Å². The zero-order valence-corrected chi connectivity index (χ0v) is 46.4. The summed E-state index contributed by atoms with van der Waals surface area (Å²) in [7, 11) is 0. The molecule has 12 atom stereocenters. The maximum absolute atomic E-state index is 14.4.